The monoisotopic (exact) mass is 301 g/mol. The first-order chi connectivity index (χ1) is 8.52. The minimum atomic E-state index is 0.0203. The van der Waals surface area contributed by atoms with Gasteiger partial charge in [-0.1, -0.05) is 43.1 Å². The minimum absolute atomic E-state index is 0.0203. The first-order valence-corrected chi connectivity index (χ1v) is 7.16. The molecular formula is C13H13Cl2NOS. The maximum Gasteiger partial charge on any atom is 0.124 e. The summed E-state index contributed by atoms with van der Waals surface area (Å²) in [5.74, 6) is 0.292. The Kier molecular flexibility index (Phi) is 4.28. The van der Waals surface area contributed by atoms with Crippen molar-refractivity contribution in [3.8, 4) is 10.6 Å². The van der Waals surface area contributed by atoms with Gasteiger partial charge in [-0.2, -0.15) is 0 Å². The summed E-state index contributed by atoms with van der Waals surface area (Å²) in [5.41, 5.74) is 1.87. The van der Waals surface area contributed by atoms with Gasteiger partial charge in [-0.15, -0.1) is 11.3 Å². The molecule has 0 aliphatic heterocycles. The number of halogens is 2. The lowest BCUT2D eigenvalue weighted by atomic mass is 10.1. The lowest BCUT2D eigenvalue weighted by molar-refractivity contribution is 0.283. The molecule has 0 atom stereocenters. The van der Waals surface area contributed by atoms with Gasteiger partial charge in [0.2, 0.25) is 0 Å². The summed E-state index contributed by atoms with van der Waals surface area (Å²) in [4.78, 5) is 5.49. The normalized spacial score (nSPS) is 11.2. The molecule has 1 N–H and O–H groups in total. The summed E-state index contributed by atoms with van der Waals surface area (Å²) in [6.07, 6.45) is 0. The second kappa shape index (κ2) is 5.57. The molecule has 0 fully saturated rings. The van der Waals surface area contributed by atoms with Gasteiger partial charge in [0, 0.05) is 5.56 Å². The average molecular weight is 302 g/mol. The first kappa shape index (κ1) is 13.8. The van der Waals surface area contributed by atoms with Crippen LogP contribution in [0.4, 0.5) is 0 Å². The van der Waals surface area contributed by atoms with Crippen molar-refractivity contribution in [2.24, 2.45) is 0 Å². The van der Waals surface area contributed by atoms with Crippen LogP contribution in [0.25, 0.3) is 10.6 Å². The maximum absolute atomic E-state index is 9.35. The lowest BCUT2D eigenvalue weighted by Crippen LogP contribution is -1.93. The molecule has 0 bridgehead atoms. The van der Waals surface area contributed by atoms with Crippen LogP contribution in [-0.4, -0.2) is 10.1 Å². The van der Waals surface area contributed by atoms with Crippen LogP contribution in [0.15, 0.2) is 18.2 Å². The molecule has 0 saturated heterocycles. The minimum Gasteiger partial charge on any atom is -0.391 e. The summed E-state index contributed by atoms with van der Waals surface area (Å²) >= 11 is 13.4. The van der Waals surface area contributed by atoms with Gasteiger partial charge in [0.25, 0.3) is 0 Å². The van der Waals surface area contributed by atoms with E-state index in [0.717, 1.165) is 21.1 Å². The molecule has 0 aliphatic rings. The molecule has 0 spiro atoms. The van der Waals surface area contributed by atoms with Crippen LogP contribution in [0, 0.1) is 0 Å². The maximum atomic E-state index is 9.35. The zero-order valence-electron chi connectivity index (χ0n) is 10.1. The van der Waals surface area contributed by atoms with Crippen molar-refractivity contribution >= 4 is 34.5 Å². The first-order valence-electron chi connectivity index (χ1n) is 5.58. The standard InChI is InChI=1S/C13H13Cl2NOS/c1-7(2)12-11(6-17)18-13(16-12)8-3-4-9(14)10(15)5-8/h3-5,7,17H,6H2,1-2H3. The SMILES string of the molecule is CC(C)c1nc(-c2ccc(Cl)c(Cl)c2)sc1CO. The molecule has 18 heavy (non-hydrogen) atoms. The third kappa shape index (κ3) is 2.69. The number of aliphatic hydroxyl groups is 1. The Morgan fingerprint density at radius 3 is 2.50 bits per heavy atom. The Labute approximate surface area is 120 Å². The highest BCUT2D eigenvalue weighted by Crippen LogP contribution is 2.34. The number of aliphatic hydroxyl groups excluding tert-OH is 1. The van der Waals surface area contributed by atoms with Crippen molar-refractivity contribution in [2.45, 2.75) is 26.4 Å². The van der Waals surface area contributed by atoms with Crippen molar-refractivity contribution in [1.82, 2.24) is 4.98 Å². The Hall–Kier alpha value is -0.610. The molecule has 96 valence electrons. The molecule has 5 heteroatoms. The third-order valence-corrected chi connectivity index (χ3v) is 4.43. The van der Waals surface area contributed by atoms with Gasteiger partial charge in [-0.05, 0) is 18.1 Å². The van der Waals surface area contributed by atoms with E-state index >= 15 is 0 Å². The second-order valence-corrected chi connectivity index (χ2v) is 6.17. The largest absolute Gasteiger partial charge is 0.391 e. The van der Waals surface area contributed by atoms with Crippen LogP contribution < -0.4 is 0 Å². The smallest absolute Gasteiger partial charge is 0.124 e. The predicted molar refractivity (Wildman–Crippen MR) is 77.6 cm³/mol. The van der Waals surface area contributed by atoms with Gasteiger partial charge in [0.1, 0.15) is 5.01 Å². The molecule has 2 aromatic rings. The van der Waals surface area contributed by atoms with E-state index in [-0.39, 0.29) is 6.61 Å². The topological polar surface area (TPSA) is 33.1 Å². The molecule has 1 aromatic carbocycles. The van der Waals surface area contributed by atoms with Crippen LogP contribution in [0.5, 0.6) is 0 Å². The average Bonchev–Trinajstić information content (AvgIpc) is 2.77. The van der Waals surface area contributed by atoms with Gasteiger partial charge in [0.15, 0.2) is 0 Å². The Morgan fingerprint density at radius 1 is 1.28 bits per heavy atom. The number of hydrogen-bond donors (Lipinski definition) is 1. The van der Waals surface area contributed by atoms with E-state index in [2.05, 4.69) is 18.8 Å². The highest BCUT2D eigenvalue weighted by atomic mass is 35.5. The molecule has 2 rings (SSSR count). The van der Waals surface area contributed by atoms with E-state index in [1.54, 1.807) is 12.1 Å². The van der Waals surface area contributed by atoms with Crippen LogP contribution in [0.2, 0.25) is 10.0 Å². The van der Waals surface area contributed by atoms with Crippen molar-refractivity contribution < 1.29 is 5.11 Å². The third-order valence-electron chi connectivity index (χ3n) is 2.58. The Balaban J connectivity index is 2.47. The van der Waals surface area contributed by atoms with E-state index in [9.17, 15) is 5.11 Å². The summed E-state index contributed by atoms with van der Waals surface area (Å²) in [6.45, 7) is 4.15. The summed E-state index contributed by atoms with van der Waals surface area (Å²) in [6, 6.07) is 5.45. The highest BCUT2D eigenvalue weighted by Gasteiger charge is 2.15. The van der Waals surface area contributed by atoms with Gasteiger partial charge in [0.05, 0.1) is 27.2 Å². The molecule has 0 saturated carbocycles. The predicted octanol–water partition coefficient (Wildman–Crippen LogP) is 4.73. The molecule has 0 aliphatic carbocycles. The zero-order valence-corrected chi connectivity index (χ0v) is 12.4. The molecule has 0 unspecified atom stereocenters. The molecular weight excluding hydrogens is 289 g/mol. The lowest BCUT2D eigenvalue weighted by Gasteiger charge is -2.01. The van der Waals surface area contributed by atoms with E-state index in [1.165, 1.54) is 11.3 Å². The summed E-state index contributed by atoms with van der Waals surface area (Å²) in [5, 5.41) is 11.3. The van der Waals surface area contributed by atoms with Crippen molar-refractivity contribution in [3.63, 3.8) is 0 Å². The molecule has 1 aromatic heterocycles. The van der Waals surface area contributed by atoms with Gasteiger partial charge in [-0.3, -0.25) is 0 Å². The molecule has 0 radical (unpaired) electrons. The van der Waals surface area contributed by atoms with Gasteiger partial charge < -0.3 is 5.11 Å². The summed E-state index contributed by atoms with van der Waals surface area (Å²) in [7, 11) is 0. The number of benzene rings is 1. The zero-order chi connectivity index (χ0) is 13.3. The summed E-state index contributed by atoms with van der Waals surface area (Å²) < 4.78 is 0. The van der Waals surface area contributed by atoms with Crippen LogP contribution >= 0.6 is 34.5 Å². The van der Waals surface area contributed by atoms with E-state index in [1.807, 2.05) is 6.07 Å². The van der Waals surface area contributed by atoms with E-state index in [4.69, 9.17) is 23.2 Å². The second-order valence-electron chi connectivity index (χ2n) is 4.27. The van der Waals surface area contributed by atoms with Crippen molar-refractivity contribution in [2.75, 3.05) is 0 Å². The van der Waals surface area contributed by atoms with Gasteiger partial charge in [-0.25, -0.2) is 4.98 Å². The van der Waals surface area contributed by atoms with Gasteiger partial charge >= 0.3 is 0 Å². The van der Waals surface area contributed by atoms with E-state index in [0.29, 0.717) is 16.0 Å². The number of hydrogen-bond acceptors (Lipinski definition) is 3. The highest BCUT2D eigenvalue weighted by molar-refractivity contribution is 7.15. The Morgan fingerprint density at radius 2 is 2.00 bits per heavy atom. The molecule has 1 heterocycles. The number of thiazole rings is 1. The molecule has 2 nitrogen and oxygen atoms in total. The van der Waals surface area contributed by atoms with Crippen molar-refractivity contribution in [3.05, 3.63) is 38.8 Å². The fourth-order valence-corrected chi connectivity index (χ4v) is 3.05. The van der Waals surface area contributed by atoms with Crippen LogP contribution in [0.1, 0.15) is 30.3 Å². The van der Waals surface area contributed by atoms with Crippen LogP contribution in [0.3, 0.4) is 0 Å². The molecule has 0 amide bonds. The van der Waals surface area contributed by atoms with Crippen LogP contribution in [-0.2, 0) is 6.61 Å². The fourth-order valence-electron chi connectivity index (χ4n) is 1.68. The fraction of sp³-hybridized carbons (Fsp3) is 0.308. The number of aromatic nitrogens is 1. The quantitative estimate of drug-likeness (QED) is 0.889. The van der Waals surface area contributed by atoms with E-state index < -0.39 is 0 Å². The van der Waals surface area contributed by atoms with Crippen molar-refractivity contribution in [1.29, 1.82) is 0 Å². The number of rotatable bonds is 3. The Bertz CT molecular complexity index is 566. The number of nitrogens with zero attached hydrogens (tertiary/aromatic N) is 1.